The number of nitrogens with zero attached hydrogens (tertiary/aromatic N) is 2. The van der Waals surface area contributed by atoms with Crippen molar-refractivity contribution in [2.75, 3.05) is 45.9 Å². The van der Waals surface area contributed by atoms with Crippen LogP contribution in [0.3, 0.4) is 0 Å². The third kappa shape index (κ3) is 8.33. The number of hydrogen-bond donors (Lipinski definition) is 1. The number of fused-ring (bicyclic) bond motifs is 1. The van der Waals surface area contributed by atoms with Crippen molar-refractivity contribution >= 4 is 11.5 Å². The van der Waals surface area contributed by atoms with Crippen LogP contribution in [-0.2, 0) is 17.8 Å². The summed E-state index contributed by atoms with van der Waals surface area (Å²) in [6.45, 7) is 10.4. The van der Waals surface area contributed by atoms with Crippen LogP contribution in [-0.4, -0.2) is 61.6 Å². The van der Waals surface area contributed by atoms with E-state index in [4.69, 9.17) is 4.74 Å². The molecule has 5 nitrogen and oxygen atoms in total. The zero-order chi connectivity index (χ0) is 29.0. The van der Waals surface area contributed by atoms with Gasteiger partial charge >= 0.3 is 0 Å². The van der Waals surface area contributed by atoms with Crippen molar-refractivity contribution in [3.05, 3.63) is 107 Å². The number of para-hydroxylation sites is 1. The molecule has 5 rings (SSSR count). The molecule has 1 aliphatic heterocycles. The van der Waals surface area contributed by atoms with E-state index in [-0.39, 0.29) is 5.91 Å². The lowest BCUT2D eigenvalue weighted by Crippen LogP contribution is -2.46. The van der Waals surface area contributed by atoms with Gasteiger partial charge in [0, 0.05) is 44.8 Å². The van der Waals surface area contributed by atoms with E-state index in [1.165, 1.54) is 24.0 Å². The smallest absolute Gasteiger partial charge is 0.251 e. The molecule has 0 saturated carbocycles. The van der Waals surface area contributed by atoms with E-state index in [1.54, 1.807) is 0 Å². The maximum atomic E-state index is 13.4. The molecule has 2 aliphatic rings. The predicted molar refractivity (Wildman–Crippen MR) is 173 cm³/mol. The number of benzene rings is 3. The monoisotopic (exact) mass is 565 g/mol. The zero-order valence-corrected chi connectivity index (χ0v) is 25.3. The number of amides is 1. The Morgan fingerprint density at radius 2 is 1.55 bits per heavy atom. The van der Waals surface area contributed by atoms with E-state index in [0.29, 0.717) is 12.5 Å². The third-order valence-electron chi connectivity index (χ3n) is 8.80. The first-order chi connectivity index (χ1) is 20.7. The largest absolute Gasteiger partial charge is 0.494 e. The molecule has 1 aliphatic carbocycles. The van der Waals surface area contributed by atoms with Crippen LogP contribution in [0.4, 0.5) is 0 Å². The normalized spacial score (nSPS) is 17.6. The Morgan fingerprint density at radius 3 is 2.26 bits per heavy atom. The minimum Gasteiger partial charge on any atom is -0.494 e. The lowest BCUT2D eigenvalue weighted by Gasteiger charge is -2.35. The summed E-state index contributed by atoms with van der Waals surface area (Å²) >= 11 is 0. The summed E-state index contributed by atoms with van der Waals surface area (Å²) in [6.07, 6.45) is 8.67. The maximum Gasteiger partial charge on any atom is 0.251 e. The number of carbonyl (C=O) groups excluding carboxylic acids is 1. The van der Waals surface area contributed by atoms with Crippen molar-refractivity contribution in [1.82, 2.24) is 15.1 Å². The highest BCUT2D eigenvalue weighted by Crippen LogP contribution is 2.38. The number of hydrogen-bond acceptors (Lipinski definition) is 4. The molecule has 0 radical (unpaired) electrons. The molecule has 222 valence electrons. The predicted octanol–water partition coefficient (Wildman–Crippen LogP) is 6.69. The van der Waals surface area contributed by atoms with Crippen molar-refractivity contribution in [3.8, 4) is 5.75 Å². The summed E-state index contributed by atoms with van der Waals surface area (Å²) in [5.74, 6) is 1.50. The standard InChI is InChI=1S/C37H47N3O2/c1-2-31-15-9-20-34-35(37(41)38-29-30-13-5-3-6-14-30)21-10-16-32(36(31)34)17-11-22-39-24-26-40(27-25-39)23-12-28-42-33-18-7-4-8-19-33/h3-9,13-15,18-21,32H,2,10-12,16-17,22-29H2,1H3,(H,38,41). The highest BCUT2D eigenvalue weighted by Gasteiger charge is 2.26. The minimum atomic E-state index is 0.0403. The molecule has 1 N–H and O–H groups in total. The third-order valence-corrected chi connectivity index (χ3v) is 8.80. The molecule has 0 aromatic heterocycles. The van der Waals surface area contributed by atoms with Crippen LogP contribution in [0.2, 0.25) is 0 Å². The first-order valence-electron chi connectivity index (χ1n) is 16.0. The summed E-state index contributed by atoms with van der Waals surface area (Å²) < 4.78 is 5.87. The van der Waals surface area contributed by atoms with Crippen molar-refractivity contribution in [1.29, 1.82) is 0 Å². The summed E-state index contributed by atoms with van der Waals surface area (Å²) in [5.41, 5.74) is 5.93. The van der Waals surface area contributed by atoms with E-state index in [9.17, 15) is 4.79 Å². The van der Waals surface area contributed by atoms with Crippen molar-refractivity contribution in [2.45, 2.75) is 57.9 Å². The fourth-order valence-electron chi connectivity index (χ4n) is 6.49. The van der Waals surface area contributed by atoms with Crippen LogP contribution in [0, 0.1) is 0 Å². The van der Waals surface area contributed by atoms with Gasteiger partial charge in [-0.1, -0.05) is 79.7 Å². The van der Waals surface area contributed by atoms with E-state index in [1.807, 2.05) is 48.5 Å². The fraction of sp³-hybridized carbons (Fsp3) is 0.432. The number of allylic oxidation sites excluding steroid dienone is 1. The lowest BCUT2D eigenvalue weighted by molar-refractivity contribution is -0.115. The van der Waals surface area contributed by atoms with E-state index in [0.717, 1.165) is 94.0 Å². The number of nitrogens with one attached hydrogen (secondary N) is 1. The zero-order valence-electron chi connectivity index (χ0n) is 25.3. The van der Waals surface area contributed by atoms with Crippen LogP contribution in [0.25, 0.3) is 5.57 Å². The van der Waals surface area contributed by atoms with Crippen LogP contribution in [0.5, 0.6) is 5.75 Å². The van der Waals surface area contributed by atoms with Gasteiger partial charge in [0.2, 0.25) is 0 Å². The second kappa shape index (κ2) is 15.7. The van der Waals surface area contributed by atoms with Gasteiger partial charge in [-0.25, -0.2) is 0 Å². The number of carbonyl (C=O) groups is 1. The van der Waals surface area contributed by atoms with Gasteiger partial charge < -0.3 is 19.9 Å². The molecular formula is C37H47N3O2. The average molecular weight is 566 g/mol. The number of rotatable bonds is 13. The van der Waals surface area contributed by atoms with Crippen LogP contribution in [0.1, 0.15) is 67.2 Å². The second-order valence-electron chi connectivity index (χ2n) is 11.6. The Hall–Kier alpha value is -3.41. The summed E-state index contributed by atoms with van der Waals surface area (Å²) in [6, 6.07) is 26.8. The van der Waals surface area contributed by atoms with Gasteiger partial charge in [-0.05, 0) is 85.4 Å². The average Bonchev–Trinajstić information content (AvgIpc) is 3.23. The number of aryl methyl sites for hydroxylation is 1. The Kier molecular flexibility index (Phi) is 11.2. The molecule has 3 aromatic carbocycles. The Balaban J connectivity index is 1.09. The van der Waals surface area contributed by atoms with Gasteiger partial charge in [0.25, 0.3) is 5.91 Å². The first-order valence-corrected chi connectivity index (χ1v) is 16.0. The van der Waals surface area contributed by atoms with Gasteiger partial charge in [-0.3, -0.25) is 4.79 Å². The summed E-state index contributed by atoms with van der Waals surface area (Å²) in [7, 11) is 0. The Bertz CT molecular complexity index is 1280. The molecule has 1 amide bonds. The van der Waals surface area contributed by atoms with Crippen molar-refractivity contribution < 1.29 is 9.53 Å². The van der Waals surface area contributed by atoms with E-state index in [2.05, 4.69) is 58.4 Å². The van der Waals surface area contributed by atoms with Gasteiger partial charge in [0.1, 0.15) is 5.75 Å². The number of ether oxygens (including phenoxy) is 1. The van der Waals surface area contributed by atoms with E-state index < -0.39 is 0 Å². The van der Waals surface area contributed by atoms with Crippen LogP contribution >= 0.6 is 0 Å². The van der Waals surface area contributed by atoms with Gasteiger partial charge in [-0.2, -0.15) is 0 Å². The minimum absolute atomic E-state index is 0.0403. The highest BCUT2D eigenvalue weighted by molar-refractivity contribution is 6.20. The Morgan fingerprint density at radius 1 is 0.857 bits per heavy atom. The maximum absolute atomic E-state index is 13.4. The first kappa shape index (κ1) is 30.1. The summed E-state index contributed by atoms with van der Waals surface area (Å²) in [5, 5.41) is 3.18. The molecule has 0 spiro atoms. The summed E-state index contributed by atoms with van der Waals surface area (Å²) in [4.78, 5) is 18.6. The molecule has 1 fully saturated rings. The fourth-order valence-corrected chi connectivity index (χ4v) is 6.49. The van der Waals surface area contributed by atoms with E-state index >= 15 is 0 Å². The van der Waals surface area contributed by atoms with Crippen molar-refractivity contribution in [3.63, 3.8) is 0 Å². The SMILES string of the molecule is CCc1cccc2c1C(CCCN1CCN(CCCOc3ccccc3)CC1)CCC=C2C(=O)NCc1ccccc1. The molecular weight excluding hydrogens is 518 g/mol. The molecule has 1 atom stereocenters. The van der Waals surface area contributed by atoms with Gasteiger partial charge in [0.15, 0.2) is 0 Å². The molecule has 5 heteroatoms. The van der Waals surface area contributed by atoms with Gasteiger partial charge in [0.05, 0.1) is 6.61 Å². The molecule has 0 bridgehead atoms. The van der Waals surface area contributed by atoms with Gasteiger partial charge in [-0.15, -0.1) is 0 Å². The van der Waals surface area contributed by atoms with Crippen LogP contribution < -0.4 is 10.1 Å². The highest BCUT2D eigenvalue weighted by atomic mass is 16.5. The molecule has 1 heterocycles. The van der Waals surface area contributed by atoms with Crippen molar-refractivity contribution in [2.24, 2.45) is 0 Å². The lowest BCUT2D eigenvalue weighted by atomic mass is 9.83. The molecule has 42 heavy (non-hydrogen) atoms. The number of piperazine rings is 1. The molecule has 1 unspecified atom stereocenters. The quantitative estimate of drug-likeness (QED) is 0.235. The Labute approximate surface area is 252 Å². The molecule has 3 aromatic rings. The topological polar surface area (TPSA) is 44.8 Å². The van der Waals surface area contributed by atoms with Crippen LogP contribution in [0.15, 0.2) is 84.9 Å². The molecule has 1 saturated heterocycles. The second-order valence-corrected chi connectivity index (χ2v) is 11.6.